The van der Waals surface area contributed by atoms with E-state index in [0.717, 1.165) is 40.7 Å². The second-order valence-corrected chi connectivity index (χ2v) is 7.46. The van der Waals surface area contributed by atoms with Gasteiger partial charge in [-0.2, -0.15) is 0 Å². The van der Waals surface area contributed by atoms with Crippen LogP contribution in [0.4, 0.5) is 0 Å². The molecule has 0 spiro atoms. The van der Waals surface area contributed by atoms with Gasteiger partial charge in [0, 0.05) is 17.6 Å². The zero-order valence-electron chi connectivity index (χ0n) is 16.4. The Morgan fingerprint density at radius 3 is 2.82 bits per heavy atom. The maximum atomic E-state index is 13.0. The molecule has 4 rings (SSSR count). The number of benzene rings is 2. The summed E-state index contributed by atoms with van der Waals surface area (Å²) >= 11 is 0. The van der Waals surface area contributed by atoms with E-state index >= 15 is 0 Å². The quantitative estimate of drug-likeness (QED) is 0.761. The highest BCUT2D eigenvalue weighted by atomic mass is 16.5. The Bertz CT molecular complexity index is 1120. The summed E-state index contributed by atoms with van der Waals surface area (Å²) in [6, 6.07) is 13.8. The predicted octanol–water partition coefficient (Wildman–Crippen LogP) is 3.53. The molecule has 1 aliphatic heterocycles. The third-order valence-corrected chi connectivity index (χ3v) is 5.66. The van der Waals surface area contributed by atoms with Crippen molar-refractivity contribution in [2.24, 2.45) is 0 Å². The number of amides is 1. The van der Waals surface area contributed by atoms with Crippen LogP contribution < -0.4 is 10.3 Å². The lowest BCUT2D eigenvalue weighted by Crippen LogP contribution is -2.39. The second-order valence-electron chi connectivity index (χ2n) is 7.46. The summed E-state index contributed by atoms with van der Waals surface area (Å²) in [5, 5.41) is 0.948. The molecular formula is C23H24N2O3. The van der Waals surface area contributed by atoms with E-state index < -0.39 is 0 Å². The van der Waals surface area contributed by atoms with Crippen LogP contribution in [0.3, 0.4) is 0 Å². The number of carbonyl (C=O) groups excluding carboxylic acids is 1. The lowest BCUT2D eigenvalue weighted by atomic mass is 9.92. The number of carbonyl (C=O) groups is 1. The van der Waals surface area contributed by atoms with Crippen LogP contribution in [0.25, 0.3) is 10.9 Å². The van der Waals surface area contributed by atoms with E-state index in [4.69, 9.17) is 4.74 Å². The number of rotatable bonds is 3. The number of H-pyrrole nitrogens is 1. The number of nitrogens with one attached hydrogen (secondary N) is 1. The Labute approximate surface area is 163 Å². The van der Waals surface area contributed by atoms with Crippen LogP contribution in [-0.2, 0) is 17.6 Å². The van der Waals surface area contributed by atoms with Gasteiger partial charge in [0.1, 0.15) is 5.75 Å². The number of aryl methyl sites for hydroxylation is 1. The molecule has 1 aromatic heterocycles. The average Bonchev–Trinajstić information content (AvgIpc) is 2.69. The Kier molecular flexibility index (Phi) is 4.67. The fourth-order valence-electron chi connectivity index (χ4n) is 4.01. The first-order valence-electron chi connectivity index (χ1n) is 9.55. The molecule has 2 heterocycles. The molecule has 0 saturated heterocycles. The molecule has 5 nitrogen and oxygen atoms in total. The smallest absolute Gasteiger partial charge is 0.251 e. The molecule has 1 atom stereocenters. The van der Waals surface area contributed by atoms with Crippen molar-refractivity contribution in [1.82, 2.24) is 9.88 Å². The number of pyridine rings is 1. The second kappa shape index (κ2) is 7.15. The maximum absolute atomic E-state index is 13.0. The zero-order chi connectivity index (χ0) is 19.8. The number of aromatic amines is 1. The zero-order valence-corrected chi connectivity index (χ0v) is 16.4. The lowest BCUT2D eigenvalue weighted by molar-refractivity contribution is -0.133. The van der Waals surface area contributed by atoms with E-state index in [2.05, 4.69) is 18.0 Å². The Morgan fingerprint density at radius 2 is 2.04 bits per heavy atom. The SMILES string of the molecule is COc1ccc2c(c1)C(C)N(C(=O)Cc1ccc3[nH]c(=O)c(C)cc3c1)CC2. The van der Waals surface area contributed by atoms with E-state index in [1.165, 1.54) is 5.56 Å². The molecule has 0 bridgehead atoms. The molecule has 5 heteroatoms. The Hall–Kier alpha value is -3.08. The molecule has 1 amide bonds. The summed E-state index contributed by atoms with van der Waals surface area (Å²) in [5.74, 6) is 0.931. The molecule has 2 aromatic carbocycles. The molecular weight excluding hydrogens is 352 g/mol. The van der Waals surface area contributed by atoms with Crippen molar-refractivity contribution in [3.05, 3.63) is 75.1 Å². The van der Waals surface area contributed by atoms with Crippen molar-refractivity contribution in [2.75, 3.05) is 13.7 Å². The summed E-state index contributed by atoms with van der Waals surface area (Å²) in [5.41, 5.74) is 4.78. The fraction of sp³-hybridized carbons (Fsp3) is 0.304. The van der Waals surface area contributed by atoms with Gasteiger partial charge in [-0.3, -0.25) is 9.59 Å². The van der Waals surface area contributed by atoms with Gasteiger partial charge in [-0.1, -0.05) is 12.1 Å². The summed E-state index contributed by atoms with van der Waals surface area (Å²) in [7, 11) is 1.66. The third-order valence-electron chi connectivity index (χ3n) is 5.66. The van der Waals surface area contributed by atoms with E-state index in [1.807, 2.05) is 41.3 Å². The van der Waals surface area contributed by atoms with Crippen molar-refractivity contribution in [2.45, 2.75) is 32.7 Å². The summed E-state index contributed by atoms with van der Waals surface area (Å²) in [4.78, 5) is 29.6. The molecule has 0 fully saturated rings. The highest BCUT2D eigenvalue weighted by molar-refractivity contribution is 5.84. The van der Waals surface area contributed by atoms with Crippen LogP contribution >= 0.6 is 0 Å². The number of hydrogen-bond donors (Lipinski definition) is 1. The predicted molar refractivity (Wildman–Crippen MR) is 110 cm³/mol. The first-order valence-corrected chi connectivity index (χ1v) is 9.55. The molecule has 0 saturated carbocycles. The third kappa shape index (κ3) is 3.28. The van der Waals surface area contributed by atoms with Crippen molar-refractivity contribution in [3.63, 3.8) is 0 Å². The first kappa shape index (κ1) is 18.3. The standard InChI is InChI=1S/C23H24N2O3/c1-14-10-18-11-16(4-7-21(18)24-23(14)27)12-22(26)25-9-8-17-5-6-19(28-3)13-20(17)15(25)2/h4-7,10-11,13,15H,8-9,12H2,1-3H3,(H,24,27). The first-order chi connectivity index (χ1) is 13.5. The Balaban J connectivity index is 1.57. The molecule has 144 valence electrons. The highest BCUT2D eigenvalue weighted by Crippen LogP contribution is 2.32. The van der Waals surface area contributed by atoms with E-state index in [-0.39, 0.29) is 17.5 Å². The van der Waals surface area contributed by atoms with Crippen LogP contribution in [0.2, 0.25) is 0 Å². The van der Waals surface area contributed by atoms with Crippen molar-refractivity contribution in [1.29, 1.82) is 0 Å². The van der Waals surface area contributed by atoms with Gasteiger partial charge in [-0.25, -0.2) is 0 Å². The van der Waals surface area contributed by atoms with Gasteiger partial charge in [-0.05, 0) is 72.7 Å². The molecule has 1 aliphatic rings. The van der Waals surface area contributed by atoms with Crippen LogP contribution in [0, 0.1) is 6.92 Å². The van der Waals surface area contributed by atoms with Crippen LogP contribution in [0.15, 0.2) is 47.3 Å². The van der Waals surface area contributed by atoms with Gasteiger partial charge < -0.3 is 14.6 Å². The normalized spacial score (nSPS) is 16.1. The Morgan fingerprint density at radius 1 is 1.21 bits per heavy atom. The number of hydrogen-bond acceptors (Lipinski definition) is 3. The van der Waals surface area contributed by atoms with Gasteiger partial charge >= 0.3 is 0 Å². The monoisotopic (exact) mass is 376 g/mol. The van der Waals surface area contributed by atoms with Crippen molar-refractivity contribution in [3.8, 4) is 5.75 Å². The molecule has 1 N–H and O–H groups in total. The average molecular weight is 376 g/mol. The van der Waals surface area contributed by atoms with Gasteiger partial charge in [0.2, 0.25) is 5.91 Å². The molecule has 3 aromatic rings. The van der Waals surface area contributed by atoms with Gasteiger partial charge in [0.05, 0.1) is 19.6 Å². The summed E-state index contributed by atoms with van der Waals surface area (Å²) in [6.45, 7) is 4.58. The lowest BCUT2D eigenvalue weighted by Gasteiger charge is -2.35. The van der Waals surface area contributed by atoms with Gasteiger partial charge in [-0.15, -0.1) is 0 Å². The number of ether oxygens (including phenoxy) is 1. The van der Waals surface area contributed by atoms with Crippen LogP contribution in [0.1, 0.15) is 35.2 Å². The van der Waals surface area contributed by atoms with E-state index in [9.17, 15) is 9.59 Å². The topological polar surface area (TPSA) is 62.4 Å². The summed E-state index contributed by atoms with van der Waals surface area (Å²) in [6.07, 6.45) is 1.20. The van der Waals surface area contributed by atoms with E-state index in [0.29, 0.717) is 12.0 Å². The van der Waals surface area contributed by atoms with Crippen LogP contribution in [0.5, 0.6) is 5.75 Å². The molecule has 0 aliphatic carbocycles. The van der Waals surface area contributed by atoms with Crippen molar-refractivity contribution < 1.29 is 9.53 Å². The van der Waals surface area contributed by atoms with Crippen LogP contribution in [-0.4, -0.2) is 29.4 Å². The number of methoxy groups -OCH3 is 1. The molecule has 1 unspecified atom stereocenters. The summed E-state index contributed by atoms with van der Waals surface area (Å²) < 4.78 is 5.35. The number of aromatic nitrogens is 1. The number of nitrogens with zero attached hydrogens (tertiary/aromatic N) is 1. The maximum Gasteiger partial charge on any atom is 0.251 e. The minimum Gasteiger partial charge on any atom is -0.497 e. The fourth-order valence-corrected chi connectivity index (χ4v) is 4.01. The molecule has 28 heavy (non-hydrogen) atoms. The highest BCUT2D eigenvalue weighted by Gasteiger charge is 2.27. The minimum absolute atomic E-state index is 0.0189. The largest absolute Gasteiger partial charge is 0.497 e. The van der Waals surface area contributed by atoms with Crippen molar-refractivity contribution >= 4 is 16.8 Å². The minimum atomic E-state index is -0.0763. The van der Waals surface area contributed by atoms with Gasteiger partial charge in [0.25, 0.3) is 5.56 Å². The van der Waals surface area contributed by atoms with Gasteiger partial charge in [0.15, 0.2) is 0 Å². The molecule has 0 radical (unpaired) electrons. The van der Waals surface area contributed by atoms with E-state index in [1.54, 1.807) is 14.0 Å². The number of fused-ring (bicyclic) bond motifs is 2.